The molecule has 6 heteroatoms. The molecule has 0 unspecified atom stereocenters. The highest BCUT2D eigenvalue weighted by Crippen LogP contribution is 2.18. The van der Waals surface area contributed by atoms with E-state index >= 15 is 0 Å². The van der Waals surface area contributed by atoms with Crippen molar-refractivity contribution in [1.82, 2.24) is 14.4 Å². The quantitative estimate of drug-likeness (QED) is 0.771. The zero-order valence-electron chi connectivity index (χ0n) is 14.4. The van der Waals surface area contributed by atoms with Crippen molar-refractivity contribution in [2.45, 2.75) is 26.4 Å². The van der Waals surface area contributed by atoms with Gasteiger partial charge in [0.1, 0.15) is 11.5 Å². The Morgan fingerprint density at radius 2 is 1.92 bits per heavy atom. The minimum absolute atomic E-state index is 0.0937. The van der Waals surface area contributed by atoms with Crippen LogP contribution in [0.4, 0.5) is 4.39 Å². The summed E-state index contributed by atoms with van der Waals surface area (Å²) in [5.74, 6) is -0.113. The Balaban J connectivity index is 1.62. The summed E-state index contributed by atoms with van der Waals surface area (Å²) in [6.07, 6.45) is 2.90. The molecule has 1 saturated heterocycles. The summed E-state index contributed by atoms with van der Waals surface area (Å²) in [5, 5.41) is 0. The molecule has 1 aromatic carbocycles. The van der Waals surface area contributed by atoms with Crippen molar-refractivity contribution in [2.75, 3.05) is 26.2 Å². The van der Waals surface area contributed by atoms with Crippen LogP contribution in [0, 0.1) is 5.82 Å². The third-order valence-corrected chi connectivity index (χ3v) is 5.05. The number of hydrogen-bond acceptors (Lipinski definition) is 2. The van der Waals surface area contributed by atoms with Gasteiger partial charge >= 0.3 is 0 Å². The monoisotopic (exact) mass is 407 g/mol. The molecule has 2 heterocycles. The summed E-state index contributed by atoms with van der Waals surface area (Å²) < 4.78 is 15.9. The maximum atomic E-state index is 13.0. The van der Waals surface area contributed by atoms with Crippen LogP contribution in [0.2, 0.25) is 0 Å². The fourth-order valence-electron chi connectivity index (χ4n) is 3.26. The van der Waals surface area contributed by atoms with Crippen molar-refractivity contribution in [2.24, 2.45) is 0 Å². The van der Waals surface area contributed by atoms with Crippen LogP contribution >= 0.6 is 15.9 Å². The molecule has 1 amide bonds. The molecule has 3 rings (SSSR count). The molecule has 1 aliphatic heterocycles. The summed E-state index contributed by atoms with van der Waals surface area (Å²) in [6.45, 7) is 6.86. The van der Waals surface area contributed by atoms with Crippen molar-refractivity contribution in [3.8, 4) is 0 Å². The molecule has 0 aliphatic carbocycles. The molecule has 1 fully saturated rings. The van der Waals surface area contributed by atoms with Crippen LogP contribution in [0.25, 0.3) is 0 Å². The fraction of sp³-hybridized carbons (Fsp3) is 0.421. The van der Waals surface area contributed by atoms with E-state index in [9.17, 15) is 9.18 Å². The van der Waals surface area contributed by atoms with Crippen molar-refractivity contribution in [3.05, 3.63) is 58.1 Å². The van der Waals surface area contributed by atoms with Crippen LogP contribution in [-0.4, -0.2) is 46.5 Å². The first-order chi connectivity index (χ1) is 12.1. The minimum atomic E-state index is -0.207. The Kier molecular flexibility index (Phi) is 5.91. The Bertz CT molecular complexity index is 729. The van der Waals surface area contributed by atoms with Gasteiger partial charge in [-0.25, -0.2) is 4.39 Å². The van der Waals surface area contributed by atoms with E-state index in [0.717, 1.165) is 54.9 Å². The van der Waals surface area contributed by atoms with Gasteiger partial charge in [0.25, 0.3) is 5.91 Å². The van der Waals surface area contributed by atoms with Crippen molar-refractivity contribution in [1.29, 1.82) is 0 Å². The normalized spacial score (nSPS) is 16.0. The van der Waals surface area contributed by atoms with E-state index in [0.29, 0.717) is 6.54 Å². The number of aryl methyl sites for hydroxylation is 1. The van der Waals surface area contributed by atoms with Crippen LogP contribution in [-0.2, 0) is 13.1 Å². The molecule has 0 bridgehead atoms. The predicted molar refractivity (Wildman–Crippen MR) is 100 cm³/mol. The number of benzene rings is 1. The highest BCUT2D eigenvalue weighted by atomic mass is 79.9. The topological polar surface area (TPSA) is 28.5 Å². The number of aromatic nitrogens is 1. The Hall–Kier alpha value is -1.66. The Labute approximate surface area is 156 Å². The maximum absolute atomic E-state index is 13.0. The zero-order chi connectivity index (χ0) is 17.8. The zero-order valence-corrected chi connectivity index (χ0v) is 16.0. The minimum Gasteiger partial charge on any atom is -0.343 e. The highest BCUT2D eigenvalue weighted by molar-refractivity contribution is 9.10. The van der Waals surface area contributed by atoms with Gasteiger partial charge in [-0.1, -0.05) is 12.1 Å². The molecular formula is C19H23BrFN3O. The Morgan fingerprint density at radius 3 is 2.64 bits per heavy atom. The van der Waals surface area contributed by atoms with E-state index in [4.69, 9.17) is 0 Å². The van der Waals surface area contributed by atoms with Crippen LogP contribution < -0.4 is 0 Å². The van der Waals surface area contributed by atoms with Gasteiger partial charge in [-0.2, -0.15) is 0 Å². The van der Waals surface area contributed by atoms with Gasteiger partial charge in [-0.15, -0.1) is 0 Å². The number of amides is 1. The van der Waals surface area contributed by atoms with Gasteiger partial charge in [0.05, 0.1) is 0 Å². The summed E-state index contributed by atoms with van der Waals surface area (Å²) in [5.41, 5.74) is 1.84. The average Bonchev–Trinajstić information content (AvgIpc) is 2.84. The second kappa shape index (κ2) is 8.15. The van der Waals surface area contributed by atoms with Crippen LogP contribution in [0.1, 0.15) is 29.4 Å². The van der Waals surface area contributed by atoms with Crippen molar-refractivity contribution in [3.63, 3.8) is 0 Å². The summed E-state index contributed by atoms with van der Waals surface area (Å²) in [6, 6.07) is 8.55. The molecule has 0 N–H and O–H groups in total. The van der Waals surface area contributed by atoms with Gasteiger partial charge in [0, 0.05) is 49.9 Å². The maximum Gasteiger partial charge on any atom is 0.270 e. The second-order valence-corrected chi connectivity index (χ2v) is 7.29. The summed E-state index contributed by atoms with van der Waals surface area (Å²) in [7, 11) is 0. The largest absolute Gasteiger partial charge is 0.343 e. The lowest BCUT2D eigenvalue weighted by Crippen LogP contribution is -2.36. The third-order valence-electron chi connectivity index (χ3n) is 4.62. The first-order valence-corrected chi connectivity index (χ1v) is 9.48. The molecule has 0 saturated carbocycles. The van der Waals surface area contributed by atoms with Crippen molar-refractivity contribution < 1.29 is 9.18 Å². The standard InChI is InChI=1S/C19H23BrFN3O/c1-2-23-14-16(20)12-18(23)19(25)24-9-3-8-22(10-11-24)13-15-4-6-17(21)7-5-15/h4-7,12,14H,2-3,8-11,13H2,1H3. The van der Waals surface area contributed by atoms with Crippen molar-refractivity contribution >= 4 is 21.8 Å². The van der Waals surface area contributed by atoms with E-state index in [1.807, 2.05) is 40.8 Å². The molecule has 1 aliphatic rings. The molecule has 4 nitrogen and oxygen atoms in total. The number of carbonyl (C=O) groups excluding carboxylic acids is 1. The molecule has 0 spiro atoms. The predicted octanol–water partition coefficient (Wildman–Crippen LogP) is 3.76. The smallest absolute Gasteiger partial charge is 0.270 e. The van der Waals surface area contributed by atoms with Gasteiger partial charge < -0.3 is 9.47 Å². The Morgan fingerprint density at radius 1 is 1.16 bits per heavy atom. The lowest BCUT2D eigenvalue weighted by Gasteiger charge is -2.22. The lowest BCUT2D eigenvalue weighted by molar-refractivity contribution is 0.0750. The van der Waals surface area contributed by atoms with Gasteiger partial charge in [-0.3, -0.25) is 9.69 Å². The van der Waals surface area contributed by atoms with E-state index in [2.05, 4.69) is 20.8 Å². The van der Waals surface area contributed by atoms with E-state index < -0.39 is 0 Å². The molecule has 0 atom stereocenters. The first-order valence-electron chi connectivity index (χ1n) is 8.68. The van der Waals surface area contributed by atoms with Gasteiger partial charge in [-0.05, 0) is 53.0 Å². The number of hydrogen-bond donors (Lipinski definition) is 0. The van der Waals surface area contributed by atoms with E-state index in [-0.39, 0.29) is 11.7 Å². The fourth-order valence-corrected chi connectivity index (χ4v) is 3.72. The van der Waals surface area contributed by atoms with E-state index in [1.165, 1.54) is 12.1 Å². The van der Waals surface area contributed by atoms with Crippen LogP contribution in [0.15, 0.2) is 41.0 Å². The second-order valence-electron chi connectivity index (χ2n) is 6.38. The third kappa shape index (κ3) is 4.50. The SMILES string of the molecule is CCn1cc(Br)cc1C(=O)N1CCCN(Cc2ccc(F)cc2)CC1. The van der Waals surface area contributed by atoms with E-state index in [1.54, 1.807) is 0 Å². The lowest BCUT2D eigenvalue weighted by atomic mass is 10.2. The molecule has 2 aromatic rings. The highest BCUT2D eigenvalue weighted by Gasteiger charge is 2.22. The van der Waals surface area contributed by atoms with Gasteiger partial charge in [0.15, 0.2) is 0 Å². The van der Waals surface area contributed by atoms with Crippen LogP contribution in [0.3, 0.4) is 0 Å². The number of halogens is 2. The first kappa shape index (κ1) is 18.1. The average molecular weight is 408 g/mol. The van der Waals surface area contributed by atoms with Crippen LogP contribution in [0.5, 0.6) is 0 Å². The number of rotatable bonds is 4. The summed E-state index contributed by atoms with van der Waals surface area (Å²) in [4.78, 5) is 17.1. The molecular weight excluding hydrogens is 385 g/mol. The van der Waals surface area contributed by atoms with Gasteiger partial charge in [0.2, 0.25) is 0 Å². The summed E-state index contributed by atoms with van der Waals surface area (Å²) >= 11 is 3.46. The number of nitrogens with zero attached hydrogens (tertiary/aromatic N) is 3. The molecule has 134 valence electrons. The molecule has 25 heavy (non-hydrogen) atoms. The number of carbonyl (C=O) groups is 1. The molecule has 1 aromatic heterocycles. The molecule has 0 radical (unpaired) electrons.